The molecule has 0 spiro atoms. The van der Waals surface area contributed by atoms with E-state index < -0.39 is 10.0 Å². The molecule has 22 heavy (non-hydrogen) atoms. The molecule has 10 heteroatoms. The van der Waals surface area contributed by atoms with Crippen molar-refractivity contribution in [2.24, 2.45) is 0 Å². The number of carbonyl (C=O) groups is 1. The minimum atomic E-state index is -3.46. The highest BCUT2D eigenvalue weighted by Gasteiger charge is 2.31. The summed E-state index contributed by atoms with van der Waals surface area (Å²) in [4.78, 5) is 13.8. The molecule has 0 atom stereocenters. The van der Waals surface area contributed by atoms with Gasteiger partial charge in [0.25, 0.3) is 15.9 Å². The zero-order valence-electron chi connectivity index (χ0n) is 11.4. The van der Waals surface area contributed by atoms with Crippen molar-refractivity contribution in [2.75, 3.05) is 26.2 Å². The van der Waals surface area contributed by atoms with Crippen LogP contribution in [-0.4, -0.2) is 59.9 Å². The van der Waals surface area contributed by atoms with Crippen molar-refractivity contribution in [1.82, 2.24) is 19.4 Å². The smallest absolute Gasteiger partial charge is 0.273 e. The molecule has 0 bridgehead atoms. The Balaban J connectivity index is 1.68. The molecular weight excluding hydrogens is 348 g/mol. The number of rotatable bonds is 3. The van der Waals surface area contributed by atoms with Crippen molar-refractivity contribution in [3.05, 3.63) is 34.4 Å². The van der Waals surface area contributed by atoms with Gasteiger partial charge < -0.3 is 4.90 Å². The topological polar surface area (TPSA) is 86.4 Å². The Kier molecular flexibility index (Phi) is 4.22. The molecule has 3 heterocycles. The van der Waals surface area contributed by atoms with E-state index in [1.165, 1.54) is 21.8 Å². The van der Waals surface area contributed by atoms with Gasteiger partial charge in [-0.25, -0.2) is 8.42 Å². The molecule has 118 valence electrons. The number of aromatic amines is 1. The number of thiophene rings is 1. The SMILES string of the molecule is O=C(c1[nH]ncc1Cl)N1CCN(S(=O)(=O)c2cccs2)CC1. The molecule has 2 aromatic heterocycles. The number of nitrogens with zero attached hydrogens (tertiary/aromatic N) is 3. The fraction of sp³-hybridized carbons (Fsp3) is 0.333. The molecule has 0 unspecified atom stereocenters. The van der Waals surface area contributed by atoms with Crippen LogP contribution >= 0.6 is 22.9 Å². The summed E-state index contributed by atoms with van der Waals surface area (Å²) in [6.07, 6.45) is 1.37. The molecule has 7 nitrogen and oxygen atoms in total. The van der Waals surface area contributed by atoms with E-state index in [1.54, 1.807) is 22.4 Å². The third-order valence-electron chi connectivity index (χ3n) is 3.42. The van der Waals surface area contributed by atoms with E-state index in [0.29, 0.717) is 17.3 Å². The van der Waals surface area contributed by atoms with Crippen molar-refractivity contribution in [3.8, 4) is 0 Å². The van der Waals surface area contributed by atoms with Crippen molar-refractivity contribution in [3.63, 3.8) is 0 Å². The zero-order chi connectivity index (χ0) is 15.7. The van der Waals surface area contributed by atoms with Crippen LogP contribution < -0.4 is 0 Å². The molecule has 0 saturated carbocycles. The van der Waals surface area contributed by atoms with E-state index in [0.717, 1.165) is 0 Å². The fourth-order valence-electron chi connectivity index (χ4n) is 2.25. The number of aromatic nitrogens is 2. The van der Waals surface area contributed by atoms with Crippen LogP contribution in [-0.2, 0) is 10.0 Å². The van der Waals surface area contributed by atoms with E-state index in [2.05, 4.69) is 10.2 Å². The first-order chi connectivity index (χ1) is 10.5. The minimum Gasteiger partial charge on any atom is -0.335 e. The van der Waals surface area contributed by atoms with Crippen LogP contribution in [0.4, 0.5) is 0 Å². The molecule has 1 aliphatic heterocycles. The number of sulfonamides is 1. The molecule has 2 aromatic rings. The number of piperazine rings is 1. The van der Waals surface area contributed by atoms with Gasteiger partial charge in [-0.05, 0) is 11.4 Å². The zero-order valence-corrected chi connectivity index (χ0v) is 13.8. The van der Waals surface area contributed by atoms with E-state index in [1.807, 2.05) is 0 Å². The Morgan fingerprint density at radius 1 is 1.32 bits per heavy atom. The summed E-state index contributed by atoms with van der Waals surface area (Å²) in [5.41, 5.74) is 0.233. The van der Waals surface area contributed by atoms with Crippen LogP contribution in [0.2, 0.25) is 5.02 Å². The van der Waals surface area contributed by atoms with Gasteiger partial charge in [-0.1, -0.05) is 17.7 Å². The molecule has 0 aromatic carbocycles. The summed E-state index contributed by atoms with van der Waals surface area (Å²) >= 11 is 7.07. The largest absolute Gasteiger partial charge is 0.335 e. The highest BCUT2D eigenvalue weighted by Crippen LogP contribution is 2.23. The molecule has 1 saturated heterocycles. The van der Waals surface area contributed by atoms with Crippen molar-refractivity contribution in [2.45, 2.75) is 4.21 Å². The van der Waals surface area contributed by atoms with Crippen molar-refractivity contribution in [1.29, 1.82) is 0 Å². The van der Waals surface area contributed by atoms with Crippen molar-refractivity contribution >= 4 is 38.9 Å². The molecule has 1 aliphatic rings. The molecule has 0 aliphatic carbocycles. The van der Waals surface area contributed by atoms with Crippen LogP contribution in [0.1, 0.15) is 10.5 Å². The second-order valence-corrected chi connectivity index (χ2v) is 8.24. The summed E-state index contributed by atoms with van der Waals surface area (Å²) in [6.45, 7) is 1.16. The van der Waals surface area contributed by atoms with Crippen LogP contribution in [0.3, 0.4) is 0 Å². The van der Waals surface area contributed by atoms with Crippen LogP contribution in [0, 0.1) is 0 Å². The predicted octanol–water partition coefficient (Wildman–Crippen LogP) is 1.27. The first-order valence-corrected chi connectivity index (χ1v) is 9.21. The third kappa shape index (κ3) is 2.76. The summed E-state index contributed by atoms with van der Waals surface area (Å²) in [6, 6.07) is 3.29. The third-order valence-corrected chi connectivity index (χ3v) is 6.98. The lowest BCUT2D eigenvalue weighted by Gasteiger charge is -2.33. The average Bonchev–Trinajstić information content (AvgIpc) is 3.18. The number of amides is 1. The van der Waals surface area contributed by atoms with Crippen molar-refractivity contribution < 1.29 is 13.2 Å². The fourth-order valence-corrected chi connectivity index (χ4v) is 4.99. The number of hydrogen-bond acceptors (Lipinski definition) is 5. The Morgan fingerprint density at radius 3 is 2.59 bits per heavy atom. The minimum absolute atomic E-state index is 0.233. The lowest BCUT2D eigenvalue weighted by molar-refractivity contribution is 0.0692. The monoisotopic (exact) mass is 360 g/mol. The summed E-state index contributed by atoms with van der Waals surface area (Å²) in [5, 5.41) is 8.27. The molecule has 1 N–H and O–H groups in total. The Hall–Kier alpha value is -1.42. The number of halogens is 1. The molecule has 1 amide bonds. The number of H-pyrrole nitrogens is 1. The summed E-state index contributed by atoms with van der Waals surface area (Å²) < 4.78 is 26.5. The molecule has 3 rings (SSSR count). The van der Waals surface area contributed by atoms with Gasteiger partial charge in [-0.15, -0.1) is 11.3 Å². The Labute approximate surface area is 136 Å². The Morgan fingerprint density at radius 2 is 2.05 bits per heavy atom. The first-order valence-electron chi connectivity index (χ1n) is 6.52. The van der Waals surface area contributed by atoms with Gasteiger partial charge in [0.2, 0.25) is 0 Å². The van der Waals surface area contributed by atoms with E-state index in [9.17, 15) is 13.2 Å². The van der Waals surface area contributed by atoms with Crippen LogP contribution in [0.5, 0.6) is 0 Å². The highest BCUT2D eigenvalue weighted by molar-refractivity contribution is 7.91. The number of carbonyl (C=O) groups excluding carboxylic acids is 1. The highest BCUT2D eigenvalue weighted by atomic mass is 35.5. The van der Waals surface area contributed by atoms with Gasteiger partial charge in [0.1, 0.15) is 9.90 Å². The normalized spacial score (nSPS) is 16.9. The van der Waals surface area contributed by atoms with E-state index in [4.69, 9.17) is 11.6 Å². The molecule has 0 radical (unpaired) electrons. The standard InChI is InChI=1S/C12H13ClN4O3S2/c13-9-8-14-15-11(9)12(18)16-3-5-17(6-4-16)22(19,20)10-2-1-7-21-10/h1-2,7-8H,3-6H2,(H,14,15). The maximum atomic E-state index is 12.4. The maximum Gasteiger partial charge on any atom is 0.273 e. The first kappa shape index (κ1) is 15.5. The molecular formula is C12H13ClN4O3S2. The van der Waals surface area contributed by atoms with Gasteiger partial charge in [0.15, 0.2) is 0 Å². The quantitative estimate of drug-likeness (QED) is 0.893. The maximum absolute atomic E-state index is 12.4. The second kappa shape index (κ2) is 5.99. The lowest BCUT2D eigenvalue weighted by Crippen LogP contribution is -2.50. The lowest BCUT2D eigenvalue weighted by atomic mass is 10.3. The summed E-state index contributed by atoms with van der Waals surface area (Å²) in [5.74, 6) is -0.268. The van der Waals surface area contributed by atoms with Gasteiger partial charge in [0, 0.05) is 26.2 Å². The number of nitrogens with one attached hydrogen (secondary N) is 1. The van der Waals surface area contributed by atoms with Gasteiger partial charge in [0.05, 0.1) is 11.2 Å². The van der Waals surface area contributed by atoms with Crippen LogP contribution in [0.15, 0.2) is 27.9 Å². The van der Waals surface area contributed by atoms with Gasteiger partial charge in [-0.2, -0.15) is 9.40 Å². The van der Waals surface area contributed by atoms with Gasteiger partial charge >= 0.3 is 0 Å². The molecule has 1 fully saturated rings. The second-order valence-electron chi connectivity index (χ2n) is 4.72. The average molecular weight is 361 g/mol. The summed E-state index contributed by atoms with van der Waals surface area (Å²) in [7, 11) is -3.46. The van der Waals surface area contributed by atoms with E-state index in [-0.39, 0.29) is 29.7 Å². The van der Waals surface area contributed by atoms with Crippen LogP contribution in [0.25, 0.3) is 0 Å². The predicted molar refractivity (Wildman–Crippen MR) is 82.6 cm³/mol. The van der Waals surface area contributed by atoms with E-state index >= 15 is 0 Å². The number of hydrogen-bond donors (Lipinski definition) is 1. The Bertz CT molecular complexity index is 764. The van der Waals surface area contributed by atoms with Gasteiger partial charge in [-0.3, -0.25) is 9.89 Å².